The second-order valence-electron chi connectivity index (χ2n) is 7.02. The number of fused-ring (bicyclic) bond motifs is 1. The fourth-order valence-corrected chi connectivity index (χ4v) is 5.42. The summed E-state index contributed by atoms with van der Waals surface area (Å²) in [7, 11) is -3.50. The lowest BCUT2D eigenvalue weighted by Gasteiger charge is -2.39. The van der Waals surface area contributed by atoms with E-state index in [2.05, 4.69) is 4.72 Å². The van der Waals surface area contributed by atoms with Crippen molar-refractivity contribution in [2.45, 2.75) is 62.8 Å². The Labute approximate surface area is 138 Å². The van der Waals surface area contributed by atoms with Crippen LogP contribution in [0.4, 0.5) is 0 Å². The zero-order valence-corrected chi connectivity index (χ0v) is 14.4. The van der Waals surface area contributed by atoms with Gasteiger partial charge in [-0.3, -0.25) is 4.79 Å². The third kappa shape index (κ3) is 3.83. The Morgan fingerprint density at radius 3 is 2.30 bits per heavy atom. The predicted octanol–water partition coefficient (Wildman–Crippen LogP) is 3.53. The van der Waals surface area contributed by atoms with E-state index in [1.54, 1.807) is 12.1 Å². The third-order valence-electron chi connectivity index (χ3n) is 5.43. The molecule has 23 heavy (non-hydrogen) atoms. The van der Waals surface area contributed by atoms with E-state index in [9.17, 15) is 13.2 Å². The summed E-state index contributed by atoms with van der Waals surface area (Å²) in [5.41, 5.74) is 0.534. The van der Waals surface area contributed by atoms with Crippen LogP contribution in [0, 0.1) is 11.8 Å². The number of ketones is 1. The molecule has 0 aromatic heterocycles. The summed E-state index contributed by atoms with van der Waals surface area (Å²) in [6.45, 7) is 1.48. The molecule has 2 aliphatic carbocycles. The van der Waals surface area contributed by atoms with Crippen LogP contribution in [-0.4, -0.2) is 20.2 Å². The van der Waals surface area contributed by atoms with E-state index >= 15 is 0 Å². The lowest BCUT2D eigenvalue weighted by Crippen LogP contribution is -2.41. The smallest absolute Gasteiger partial charge is 0.240 e. The fraction of sp³-hybridized carbons (Fsp3) is 0.611. The van der Waals surface area contributed by atoms with Crippen LogP contribution in [0.3, 0.4) is 0 Å². The van der Waals surface area contributed by atoms with Crippen molar-refractivity contribution in [3.8, 4) is 0 Å². The van der Waals surface area contributed by atoms with Crippen LogP contribution >= 0.6 is 0 Å². The molecule has 3 rings (SSSR count). The minimum absolute atomic E-state index is 0.0480. The molecule has 4 nitrogen and oxygen atoms in total. The van der Waals surface area contributed by atoms with Crippen LogP contribution in [-0.2, 0) is 10.0 Å². The van der Waals surface area contributed by atoms with Gasteiger partial charge in [0, 0.05) is 11.6 Å². The van der Waals surface area contributed by atoms with E-state index < -0.39 is 10.0 Å². The van der Waals surface area contributed by atoms with E-state index in [1.165, 1.54) is 44.7 Å². The van der Waals surface area contributed by atoms with Crippen molar-refractivity contribution in [3.63, 3.8) is 0 Å². The molecular weight excluding hydrogens is 310 g/mol. The molecule has 0 unspecified atom stereocenters. The lowest BCUT2D eigenvalue weighted by molar-refractivity contribution is 0.101. The minimum atomic E-state index is -3.50. The molecule has 0 heterocycles. The van der Waals surface area contributed by atoms with Gasteiger partial charge in [0.1, 0.15) is 0 Å². The average Bonchev–Trinajstić information content (AvgIpc) is 2.54. The number of rotatable bonds is 4. The number of Topliss-reactive ketones (excluding diaryl/α,β-unsaturated/α-hetero) is 1. The highest BCUT2D eigenvalue weighted by molar-refractivity contribution is 7.89. The molecule has 3 atom stereocenters. The predicted molar refractivity (Wildman–Crippen MR) is 89.9 cm³/mol. The SMILES string of the molecule is CC(=O)c1ccc(S(=O)(=O)N[C@@H]2CC[C@@H]3CCCC[C@@H]3C2)cc1. The molecule has 2 saturated carbocycles. The van der Waals surface area contributed by atoms with E-state index in [-0.39, 0.29) is 16.7 Å². The van der Waals surface area contributed by atoms with Crippen LogP contribution in [0.25, 0.3) is 0 Å². The second-order valence-corrected chi connectivity index (χ2v) is 8.73. The molecule has 1 aromatic rings. The Morgan fingerprint density at radius 2 is 1.65 bits per heavy atom. The molecule has 0 aliphatic heterocycles. The van der Waals surface area contributed by atoms with Gasteiger partial charge in [0.25, 0.3) is 0 Å². The van der Waals surface area contributed by atoms with Crippen molar-refractivity contribution < 1.29 is 13.2 Å². The maximum atomic E-state index is 12.5. The first kappa shape index (κ1) is 16.7. The summed E-state index contributed by atoms with van der Waals surface area (Å²) < 4.78 is 28.0. The monoisotopic (exact) mass is 335 g/mol. The molecule has 0 radical (unpaired) electrons. The normalized spacial score (nSPS) is 28.1. The maximum absolute atomic E-state index is 12.5. The van der Waals surface area contributed by atoms with Gasteiger partial charge in [-0.05, 0) is 50.2 Å². The van der Waals surface area contributed by atoms with Crippen molar-refractivity contribution >= 4 is 15.8 Å². The lowest BCUT2D eigenvalue weighted by atomic mass is 9.70. The zero-order valence-electron chi connectivity index (χ0n) is 13.6. The van der Waals surface area contributed by atoms with E-state index in [4.69, 9.17) is 0 Å². The van der Waals surface area contributed by atoms with Gasteiger partial charge < -0.3 is 0 Å². The molecule has 126 valence electrons. The standard InChI is InChI=1S/C18H25NO3S/c1-13(20)14-7-10-18(11-8-14)23(21,22)19-17-9-6-15-4-2-3-5-16(15)12-17/h7-8,10-11,15-17,19H,2-6,9,12H2,1H3/t15-,16+,17+/m0/s1. The first-order valence-corrected chi connectivity index (χ1v) is 10.1. The summed E-state index contributed by atoms with van der Waals surface area (Å²) >= 11 is 0. The second kappa shape index (κ2) is 6.73. The number of carbonyl (C=O) groups is 1. The number of hydrogen-bond donors (Lipinski definition) is 1. The third-order valence-corrected chi connectivity index (χ3v) is 6.97. The Bertz CT molecular complexity index is 666. The Kier molecular flexibility index (Phi) is 4.87. The topological polar surface area (TPSA) is 63.2 Å². The Balaban J connectivity index is 1.67. The Hall–Kier alpha value is -1.20. The molecular formula is C18H25NO3S. The van der Waals surface area contributed by atoms with Gasteiger partial charge >= 0.3 is 0 Å². The quantitative estimate of drug-likeness (QED) is 0.856. The molecule has 2 aliphatic rings. The van der Waals surface area contributed by atoms with Gasteiger partial charge in [0.15, 0.2) is 5.78 Å². The highest BCUT2D eigenvalue weighted by Crippen LogP contribution is 2.40. The molecule has 0 spiro atoms. The first-order valence-electron chi connectivity index (χ1n) is 8.59. The fourth-order valence-electron chi connectivity index (χ4n) is 4.14. The zero-order chi connectivity index (χ0) is 16.4. The summed E-state index contributed by atoms with van der Waals surface area (Å²) in [6, 6.07) is 6.24. The molecule has 1 aromatic carbocycles. The number of nitrogens with one attached hydrogen (secondary N) is 1. The number of hydrogen-bond acceptors (Lipinski definition) is 3. The molecule has 5 heteroatoms. The van der Waals surface area contributed by atoms with Crippen molar-refractivity contribution in [1.82, 2.24) is 4.72 Å². The van der Waals surface area contributed by atoms with Gasteiger partial charge in [0.05, 0.1) is 4.90 Å². The van der Waals surface area contributed by atoms with Crippen LogP contribution in [0.15, 0.2) is 29.2 Å². The minimum Gasteiger partial charge on any atom is -0.295 e. The first-order chi connectivity index (χ1) is 11.0. The Morgan fingerprint density at radius 1 is 1.00 bits per heavy atom. The molecule has 0 bridgehead atoms. The number of carbonyl (C=O) groups excluding carboxylic acids is 1. The summed E-state index contributed by atoms with van der Waals surface area (Å²) in [5.74, 6) is 1.43. The van der Waals surface area contributed by atoms with Crippen LogP contribution in [0.2, 0.25) is 0 Å². The van der Waals surface area contributed by atoms with Crippen LogP contribution in [0.1, 0.15) is 62.2 Å². The van der Waals surface area contributed by atoms with Crippen molar-refractivity contribution in [1.29, 1.82) is 0 Å². The highest BCUT2D eigenvalue weighted by atomic mass is 32.2. The average molecular weight is 335 g/mol. The van der Waals surface area contributed by atoms with Gasteiger partial charge in [-0.2, -0.15) is 0 Å². The summed E-state index contributed by atoms with van der Waals surface area (Å²) in [4.78, 5) is 11.5. The van der Waals surface area contributed by atoms with Gasteiger partial charge in [-0.15, -0.1) is 0 Å². The molecule has 1 N–H and O–H groups in total. The maximum Gasteiger partial charge on any atom is 0.240 e. The molecule has 0 saturated heterocycles. The van der Waals surface area contributed by atoms with Crippen molar-refractivity contribution in [3.05, 3.63) is 29.8 Å². The van der Waals surface area contributed by atoms with Crippen molar-refractivity contribution in [2.75, 3.05) is 0 Å². The highest BCUT2D eigenvalue weighted by Gasteiger charge is 2.33. The molecule has 2 fully saturated rings. The van der Waals surface area contributed by atoms with Gasteiger partial charge in [-0.1, -0.05) is 37.8 Å². The van der Waals surface area contributed by atoms with Gasteiger partial charge in [-0.25, -0.2) is 13.1 Å². The van der Waals surface area contributed by atoms with Gasteiger partial charge in [0.2, 0.25) is 10.0 Å². The number of sulfonamides is 1. The largest absolute Gasteiger partial charge is 0.295 e. The van der Waals surface area contributed by atoms with E-state index in [1.807, 2.05) is 0 Å². The summed E-state index contributed by atoms with van der Waals surface area (Å²) in [6.07, 6.45) is 8.22. The number of benzene rings is 1. The van der Waals surface area contributed by atoms with Crippen LogP contribution < -0.4 is 4.72 Å². The van der Waals surface area contributed by atoms with Crippen molar-refractivity contribution in [2.24, 2.45) is 11.8 Å². The molecule has 0 amide bonds. The van der Waals surface area contributed by atoms with E-state index in [0.29, 0.717) is 11.5 Å². The van der Waals surface area contributed by atoms with Crippen LogP contribution in [0.5, 0.6) is 0 Å². The van der Waals surface area contributed by atoms with E-state index in [0.717, 1.165) is 25.2 Å². The summed E-state index contributed by atoms with van der Waals surface area (Å²) in [5, 5.41) is 0.